The first kappa shape index (κ1) is 18.9. The van der Waals surface area contributed by atoms with Crippen LogP contribution >= 0.6 is 0 Å². The minimum absolute atomic E-state index is 0.103. The summed E-state index contributed by atoms with van der Waals surface area (Å²) in [7, 11) is 0. The highest BCUT2D eigenvalue weighted by Crippen LogP contribution is 2.36. The molecule has 6 heteroatoms. The predicted octanol–water partition coefficient (Wildman–Crippen LogP) is 4.24. The van der Waals surface area contributed by atoms with Gasteiger partial charge in [-0.05, 0) is 48.2 Å². The van der Waals surface area contributed by atoms with E-state index in [0.717, 1.165) is 46.3 Å². The van der Waals surface area contributed by atoms with Crippen molar-refractivity contribution in [3.8, 4) is 16.9 Å². The number of nitrogens with zero attached hydrogens (tertiary/aromatic N) is 2. The van der Waals surface area contributed by atoms with Crippen LogP contribution in [0, 0.1) is 0 Å². The van der Waals surface area contributed by atoms with Gasteiger partial charge in [0.05, 0.1) is 12.1 Å². The molecule has 0 saturated carbocycles. The number of allylic oxidation sites excluding steroid dienone is 2. The van der Waals surface area contributed by atoms with Gasteiger partial charge in [0.2, 0.25) is 0 Å². The molecule has 2 aromatic heterocycles. The summed E-state index contributed by atoms with van der Waals surface area (Å²) < 4.78 is 5.80. The maximum atomic E-state index is 12.2. The molecular formula is C23H24N4O2. The van der Waals surface area contributed by atoms with Crippen LogP contribution in [0.3, 0.4) is 0 Å². The van der Waals surface area contributed by atoms with Gasteiger partial charge >= 0.3 is 0 Å². The number of aromatic amines is 1. The summed E-state index contributed by atoms with van der Waals surface area (Å²) in [5, 5.41) is 3.88. The number of ether oxygens (including phenoxy) is 1. The molecule has 6 nitrogen and oxygen atoms in total. The number of pyridine rings is 1. The van der Waals surface area contributed by atoms with Crippen LogP contribution in [0.15, 0.2) is 47.7 Å². The number of fused-ring (bicyclic) bond motifs is 2. The van der Waals surface area contributed by atoms with Crippen molar-refractivity contribution >= 4 is 28.7 Å². The molecule has 0 radical (unpaired) electrons. The standard InChI is InChI=1S/C23H24N4O2/c1-3-5-16(13-24-4-2)17-8-9-25-22-21(17)19(14-27-22)15-6-7-18-20(12-15)29-11-10-26-23(18)28/h5-9,12-14H,3-4,10-11H2,1-2H3,(H,25,27)(H,26,28)/b16-5+,24-13?. The Morgan fingerprint density at radius 2 is 2.17 bits per heavy atom. The molecule has 0 aliphatic carbocycles. The molecule has 0 bridgehead atoms. The van der Waals surface area contributed by atoms with Crippen LogP contribution in [0.5, 0.6) is 5.75 Å². The average molecular weight is 388 g/mol. The van der Waals surface area contributed by atoms with Gasteiger partial charge in [-0.1, -0.05) is 19.1 Å². The van der Waals surface area contributed by atoms with Crippen LogP contribution in [0.1, 0.15) is 36.2 Å². The van der Waals surface area contributed by atoms with E-state index in [1.165, 1.54) is 0 Å². The van der Waals surface area contributed by atoms with Gasteiger partial charge < -0.3 is 15.0 Å². The maximum absolute atomic E-state index is 12.2. The van der Waals surface area contributed by atoms with E-state index >= 15 is 0 Å². The average Bonchev–Trinajstić information content (AvgIpc) is 3.09. The zero-order valence-electron chi connectivity index (χ0n) is 16.7. The number of nitrogens with one attached hydrogen (secondary N) is 2. The van der Waals surface area contributed by atoms with E-state index in [1.807, 2.05) is 49.8 Å². The topological polar surface area (TPSA) is 79.4 Å². The van der Waals surface area contributed by atoms with E-state index in [4.69, 9.17) is 4.74 Å². The highest BCUT2D eigenvalue weighted by atomic mass is 16.5. The van der Waals surface area contributed by atoms with Crippen molar-refractivity contribution in [2.75, 3.05) is 19.7 Å². The van der Waals surface area contributed by atoms with Crippen LogP contribution in [0.4, 0.5) is 0 Å². The molecule has 29 heavy (non-hydrogen) atoms. The first-order valence-corrected chi connectivity index (χ1v) is 9.94. The summed E-state index contributed by atoms with van der Waals surface area (Å²) in [5.74, 6) is 0.503. The molecule has 4 rings (SSSR count). The second-order valence-corrected chi connectivity index (χ2v) is 6.80. The summed E-state index contributed by atoms with van der Waals surface area (Å²) in [6.45, 7) is 5.84. The van der Waals surface area contributed by atoms with Gasteiger partial charge in [-0.2, -0.15) is 0 Å². The molecule has 2 N–H and O–H groups in total. The maximum Gasteiger partial charge on any atom is 0.255 e. The number of benzene rings is 1. The first-order valence-electron chi connectivity index (χ1n) is 9.94. The molecule has 0 spiro atoms. The van der Waals surface area contributed by atoms with Gasteiger partial charge in [-0.25, -0.2) is 4.98 Å². The Labute approximate surface area is 169 Å². The fraction of sp³-hybridized carbons (Fsp3) is 0.261. The lowest BCUT2D eigenvalue weighted by molar-refractivity contribution is 0.0957. The molecule has 0 unspecified atom stereocenters. The monoisotopic (exact) mass is 388 g/mol. The number of hydrogen-bond acceptors (Lipinski definition) is 4. The molecule has 0 fully saturated rings. The van der Waals surface area contributed by atoms with Crippen LogP contribution in [-0.2, 0) is 0 Å². The first-order chi connectivity index (χ1) is 14.2. The predicted molar refractivity (Wildman–Crippen MR) is 117 cm³/mol. The van der Waals surface area contributed by atoms with Gasteiger partial charge in [0.1, 0.15) is 18.0 Å². The van der Waals surface area contributed by atoms with Gasteiger partial charge in [0, 0.05) is 36.1 Å². The van der Waals surface area contributed by atoms with Crippen LogP contribution in [-0.4, -0.2) is 41.8 Å². The van der Waals surface area contributed by atoms with E-state index in [1.54, 1.807) is 0 Å². The summed E-state index contributed by atoms with van der Waals surface area (Å²) in [6.07, 6.45) is 8.79. The van der Waals surface area contributed by atoms with Crippen molar-refractivity contribution in [2.24, 2.45) is 4.99 Å². The van der Waals surface area contributed by atoms with Gasteiger partial charge in [-0.3, -0.25) is 9.79 Å². The summed E-state index contributed by atoms with van der Waals surface area (Å²) in [6, 6.07) is 7.73. The molecule has 0 saturated heterocycles. The lowest BCUT2D eigenvalue weighted by Gasteiger charge is -2.10. The Balaban J connectivity index is 1.88. The van der Waals surface area contributed by atoms with E-state index in [9.17, 15) is 4.79 Å². The normalized spacial score (nSPS) is 14.6. The smallest absolute Gasteiger partial charge is 0.255 e. The van der Waals surface area contributed by atoms with Crippen molar-refractivity contribution in [2.45, 2.75) is 20.3 Å². The quantitative estimate of drug-likeness (QED) is 0.642. The molecule has 148 valence electrons. The highest BCUT2D eigenvalue weighted by molar-refractivity contribution is 6.16. The zero-order valence-corrected chi connectivity index (χ0v) is 16.7. The largest absolute Gasteiger partial charge is 0.491 e. The van der Waals surface area contributed by atoms with Gasteiger partial charge in [0.15, 0.2) is 0 Å². The van der Waals surface area contributed by atoms with E-state index < -0.39 is 0 Å². The summed E-state index contributed by atoms with van der Waals surface area (Å²) in [4.78, 5) is 24.4. The number of carbonyl (C=O) groups excluding carboxylic acids is 1. The Morgan fingerprint density at radius 1 is 1.28 bits per heavy atom. The zero-order chi connectivity index (χ0) is 20.2. The Bertz CT molecular complexity index is 1110. The number of carbonyl (C=O) groups is 1. The molecule has 0 atom stereocenters. The number of amides is 1. The van der Waals surface area contributed by atoms with E-state index in [0.29, 0.717) is 24.5 Å². The lowest BCUT2D eigenvalue weighted by atomic mass is 9.96. The minimum Gasteiger partial charge on any atom is -0.491 e. The van der Waals surface area contributed by atoms with Crippen molar-refractivity contribution in [1.29, 1.82) is 0 Å². The number of aliphatic imine (C=N–C) groups is 1. The Hall–Kier alpha value is -3.41. The third kappa shape index (κ3) is 3.66. The molecule has 1 amide bonds. The second kappa shape index (κ2) is 8.31. The highest BCUT2D eigenvalue weighted by Gasteiger charge is 2.19. The second-order valence-electron chi connectivity index (χ2n) is 6.80. The third-order valence-corrected chi connectivity index (χ3v) is 4.90. The Kier molecular flexibility index (Phi) is 5.42. The summed E-state index contributed by atoms with van der Waals surface area (Å²) >= 11 is 0. The van der Waals surface area contributed by atoms with Gasteiger partial charge in [-0.15, -0.1) is 0 Å². The molecule has 3 aromatic rings. The fourth-order valence-corrected chi connectivity index (χ4v) is 3.58. The van der Waals surface area contributed by atoms with Crippen molar-refractivity contribution in [3.63, 3.8) is 0 Å². The van der Waals surface area contributed by atoms with E-state index in [2.05, 4.69) is 33.3 Å². The lowest BCUT2D eigenvalue weighted by Crippen LogP contribution is -2.24. The van der Waals surface area contributed by atoms with Crippen molar-refractivity contribution in [3.05, 3.63) is 53.9 Å². The molecule has 1 aliphatic heterocycles. The number of rotatable bonds is 5. The third-order valence-electron chi connectivity index (χ3n) is 4.90. The Morgan fingerprint density at radius 3 is 3.00 bits per heavy atom. The van der Waals surface area contributed by atoms with E-state index in [-0.39, 0.29) is 5.91 Å². The van der Waals surface area contributed by atoms with Crippen molar-refractivity contribution < 1.29 is 9.53 Å². The molecule has 3 heterocycles. The fourth-order valence-electron chi connectivity index (χ4n) is 3.58. The minimum atomic E-state index is -0.103. The summed E-state index contributed by atoms with van der Waals surface area (Å²) in [5.41, 5.74) is 5.53. The number of hydrogen-bond donors (Lipinski definition) is 2. The SMILES string of the molecule is CC/C=C(\C=NCC)c1ccnc2[nH]cc(-c3ccc4c(c3)OCCNC4=O)c12. The van der Waals surface area contributed by atoms with Crippen molar-refractivity contribution in [1.82, 2.24) is 15.3 Å². The number of aromatic nitrogens is 2. The molecule has 1 aromatic carbocycles. The van der Waals surface area contributed by atoms with Crippen LogP contribution in [0.25, 0.3) is 27.7 Å². The number of H-pyrrole nitrogens is 1. The van der Waals surface area contributed by atoms with Crippen LogP contribution < -0.4 is 10.1 Å². The van der Waals surface area contributed by atoms with Crippen LogP contribution in [0.2, 0.25) is 0 Å². The van der Waals surface area contributed by atoms with Gasteiger partial charge in [0.25, 0.3) is 5.91 Å². The molecule has 1 aliphatic rings. The molecular weight excluding hydrogens is 364 g/mol.